The van der Waals surface area contributed by atoms with Crippen LogP contribution in [-0.2, 0) is 10.2 Å². The predicted octanol–water partition coefficient (Wildman–Crippen LogP) is 2.21. The van der Waals surface area contributed by atoms with E-state index in [2.05, 4.69) is 42.6 Å². The molecule has 1 saturated heterocycles. The van der Waals surface area contributed by atoms with Crippen molar-refractivity contribution in [1.82, 2.24) is 10.2 Å². The van der Waals surface area contributed by atoms with Crippen molar-refractivity contribution in [3.8, 4) is 0 Å². The number of benzene rings is 1. The Labute approximate surface area is 121 Å². The minimum Gasteiger partial charge on any atom is -0.342 e. The molecule has 1 aromatic rings. The van der Waals surface area contributed by atoms with Crippen molar-refractivity contribution < 1.29 is 4.79 Å². The Morgan fingerprint density at radius 1 is 1.26 bits per heavy atom. The highest BCUT2D eigenvalue weighted by Crippen LogP contribution is 2.34. The monoisotopic (exact) mass is 282 g/mol. The molecule has 0 saturated carbocycles. The van der Waals surface area contributed by atoms with Gasteiger partial charge in [-0.05, 0) is 30.9 Å². The Morgan fingerprint density at radius 3 is 2.37 bits per heavy atom. The van der Waals surface area contributed by atoms with E-state index in [4.69, 9.17) is 0 Å². The first kappa shape index (κ1) is 16.0. The van der Waals surface area contributed by atoms with Crippen LogP contribution in [0.1, 0.15) is 25.3 Å². The number of carbonyl (C=O) groups is 1. The average Bonchev–Trinajstić information content (AvgIpc) is 2.41. The smallest absolute Gasteiger partial charge is 0.236 e. The van der Waals surface area contributed by atoms with Crippen LogP contribution in [0.25, 0.3) is 0 Å². The summed E-state index contributed by atoms with van der Waals surface area (Å²) in [6.07, 6.45) is 2.10. The number of rotatable bonds is 3. The van der Waals surface area contributed by atoms with Crippen LogP contribution in [0, 0.1) is 0 Å². The number of nitrogens with zero attached hydrogens (tertiary/aromatic N) is 1. The van der Waals surface area contributed by atoms with Crippen molar-refractivity contribution in [3.63, 3.8) is 0 Å². The van der Waals surface area contributed by atoms with Gasteiger partial charge in [0.25, 0.3) is 0 Å². The number of hydrogen-bond donors (Lipinski definition) is 1. The van der Waals surface area contributed by atoms with E-state index in [1.54, 1.807) is 0 Å². The van der Waals surface area contributed by atoms with E-state index in [1.807, 2.05) is 11.9 Å². The molecule has 0 spiro atoms. The third kappa shape index (κ3) is 3.71. The van der Waals surface area contributed by atoms with Gasteiger partial charge in [0.05, 0.1) is 6.54 Å². The van der Waals surface area contributed by atoms with Gasteiger partial charge in [-0.1, -0.05) is 37.3 Å². The highest BCUT2D eigenvalue weighted by molar-refractivity contribution is 5.85. The number of halogens is 1. The second kappa shape index (κ2) is 6.92. The summed E-state index contributed by atoms with van der Waals surface area (Å²) in [6, 6.07) is 10.6. The number of likely N-dealkylation sites (tertiary alicyclic amines) is 1. The zero-order chi connectivity index (χ0) is 13.0. The summed E-state index contributed by atoms with van der Waals surface area (Å²) >= 11 is 0. The Kier molecular flexibility index (Phi) is 5.83. The summed E-state index contributed by atoms with van der Waals surface area (Å²) in [7, 11) is 1.82. The van der Waals surface area contributed by atoms with E-state index in [0.29, 0.717) is 6.54 Å². The SMILES string of the molecule is CNCC(=O)N1CCC(C)(c2ccccc2)CC1.Cl. The molecule has 0 aliphatic carbocycles. The standard InChI is InChI=1S/C15H22N2O.ClH/c1-15(13-6-4-3-5-7-13)8-10-17(11-9-15)14(18)12-16-2;/h3-7,16H,8-12H2,1-2H3;1H. The highest BCUT2D eigenvalue weighted by Gasteiger charge is 2.32. The molecule has 106 valence electrons. The zero-order valence-corrected chi connectivity index (χ0v) is 12.5. The molecule has 2 rings (SSSR count). The summed E-state index contributed by atoms with van der Waals surface area (Å²) in [4.78, 5) is 13.8. The van der Waals surface area contributed by atoms with Gasteiger partial charge in [-0.3, -0.25) is 4.79 Å². The van der Waals surface area contributed by atoms with E-state index in [9.17, 15) is 4.79 Å². The fourth-order valence-electron chi connectivity index (χ4n) is 2.64. The summed E-state index contributed by atoms with van der Waals surface area (Å²) in [5.41, 5.74) is 1.61. The second-order valence-electron chi connectivity index (χ2n) is 5.34. The van der Waals surface area contributed by atoms with Crippen LogP contribution in [0.15, 0.2) is 30.3 Å². The molecule has 1 fully saturated rings. The molecule has 0 radical (unpaired) electrons. The molecule has 0 bridgehead atoms. The van der Waals surface area contributed by atoms with E-state index < -0.39 is 0 Å². The van der Waals surface area contributed by atoms with Gasteiger partial charge in [0.15, 0.2) is 0 Å². The first-order valence-electron chi connectivity index (χ1n) is 6.64. The third-order valence-corrected chi connectivity index (χ3v) is 4.02. The first-order chi connectivity index (χ1) is 8.65. The Hall–Kier alpha value is -1.06. The first-order valence-corrected chi connectivity index (χ1v) is 6.64. The van der Waals surface area contributed by atoms with Gasteiger partial charge >= 0.3 is 0 Å². The van der Waals surface area contributed by atoms with Crippen LogP contribution < -0.4 is 5.32 Å². The fourth-order valence-corrected chi connectivity index (χ4v) is 2.64. The van der Waals surface area contributed by atoms with Crippen molar-refractivity contribution in [2.75, 3.05) is 26.7 Å². The molecular weight excluding hydrogens is 260 g/mol. The lowest BCUT2D eigenvalue weighted by atomic mass is 9.74. The van der Waals surface area contributed by atoms with Crippen LogP contribution in [0.5, 0.6) is 0 Å². The fraction of sp³-hybridized carbons (Fsp3) is 0.533. The van der Waals surface area contributed by atoms with Crippen molar-refractivity contribution in [2.24, 2.45) is 0 Å². The van der Waals surface area contributed by atoms with Gasteiger partial charge in [0.1, 0.15) is 0 Å². The minimum absolute atomic E-state index is 0. The van der Waals surface area contributed by atoms with E-state index in [1.165, 1.54) is 5.56 Å². The molecule has 1 amide bonds. The van der Waals surface area contributed by atoms with Crippen molar-refractivity contribution in [1.29, 1.82) is 0 Å². The number of hydrogen-bond acceptors (Lipinski definition) is 2. The second-order valence-corrected chi connectivity index (χ2v) is 5.34. The molecule has 1 aliphatic heterocycles. The number of carbonyl (C=O) groups excluding carboxylic acids is 1. The van der Waals surface area contributed by atoms with Gasteiger partial charge in [0, 0.05) is 13.1 Å². The predicted molar refractivity (Wildman–Crippen MR) is 80.8 cm³/mol. The molecule has 0 aromatic heterocycles. The number of piperidine rings is 1. The zero-order valence-electron chi connectivity index (χ0n) is 11.7. The lowest BCUT2D eigenvalue weighted by molar-refractivity contribution is -0.131. The van der Waals surface area contributed by atoms with Crippen molar-refractivity contribution in [2.45, 2.75) is 25.2 Å². The third-order valence-electron chi connectivity index (χ3n) is 4.02. The van der Waals surface area contributed by atoms with Gasteiger partial charge < -0.3 is 10.2 Å². The van der Waals surface area contributed by atoms with Crippen LogP contribution in [0.4, 0.5) is 0 Å². The Morgan fingerprint density at radius 2 is 1.84 bits per heavy atom. The summed E-state index contributed by atoms with van der Waals surface area (Å²) in [5.74, 6) is 0.215. The minimum atomic E-state index is 0. The molecule has 19 heavy (non-hydrogen) atoms. The lowest BCUT2D eigenvalue weighted by Crippen LogP contribution is -2.46. The normalized spacial score (nSPS) is 17.7. The molecule has 4 heteroatoms. The van der Waals surface area contributed by atoms with Crippen LogP contribution in [-0.4, -0.2) is 37.5 Å². The summed E-state index contributed by atoms with van der Waals surface area (Å²) in [6.45, 7) is 4.49. The molecule has 0 unspecified atom stereocenters. The van der Waals surface area contributed by atoms with Gasteiger partial charge in [0.2, 0.25) is 5.91 Å². The van der Waals surface area contributed by atoms with E-state index in [-0.39, 0.29) is 23.7 Å². The van der Waals surface area contributed by atoms with Gasteiger partial charge in [-0.15, -0.1) is 12.4 Å². The molecule has 3 nitrogen and oxygen atoms in total. The lowest BCUT2D eigenvalue weighted by Gasteiger charge is -2.40. The highest BCUT2D eigenvalue weighted by atomic mass is 35.5. The average molecular weight is 283 g/mol. The summed E-state index contributed by atoms with van der Waals surface area (Å²) < 4.78 is 0. The number of likely N-dealkylation sites (N-methyl/N-ethyl adjacent to an activating group) is 1. The van der Waals surface area contributed by atoms with E-state index >= 15 is 0 Å². The number of nitrogens with one attached hydrogen (secondary N) is 1. The van der Waals surface area contributed by atoms with Crippen molar-refractivity contribution in [3.05, 3.63) is 35.9 Å². The quantitative estimate of drug-likeness (QED) is 0.922. The maximum Gasteiger partial charge on any atom is 0.236 e. The largest absolute Gasteiger partial charge is 0.342 e. The van der Waals surface area contributed by atoms with Crippen LogP contribution in [0.2, 0.25) is 0 Å². The van der Waals surface area contributed by atoms with Gasteiger partial charge in [-0.25, -0.2) is 0 Å². The molecule has 1 aromatic carbocycles. The molecule has 1 aliphatic rings. The molecular formula is C15H23ClN2O. The summed E-state index contributed by atoms with van der Waals surface area (Å²) in [5, 5.41) is 2.93. The Balaban J connectivity index is 0.00000180. The van der Waals surface area contributed by atoms with E-state index in [0.717, 1.165) is 25.9 Å². The maximum atomic E-state index is 11.8. The molecule has 1 heterocycles. The number of amides is 1. The maximum absolute atomic E-state index is 11.8. The molecule has 0 atom stereocenters. The van der Waals surface area contributed by atoms with Gasteiger partial charge in [-0.2, -0.15) is 0 Å². The van der Waals surface area contributed by atoms with Crippen LogP contribution >= 0.6 is 12.4 Å². The van der Waals surface area contributed by atoms with Crippen LogP contribution in [0.3, 0.4) is 0 Å². The topological polar surface area (TPSA) is 32.3 Å². The van der Waals surface area contributed by atoms with Crippen molar-refractivity contribution >= 4 is 18.3 Å². The molecule has 1 N–H and O–H groups in total. The Bertz CT molecular complexity index is 400.